The first-order chi connectivity index (χ1) is 9.24. The van der Waals surface area contributed by atoms with E-state index >= 15 is 0 Å². The van der Waals surface area contributed by atoms with E-state index in [2.05, 4.69) is 30.4 Å². The summed E-state index contributed by atoms with van der Waals surface area (Å²) in [6, 6.07) is 18.0. The summed E-state index contributed by atoms with van der Waals surface area (Å²) in [5.41, 5.74) is 2.67. The van der Waals surface area contributed by atoms with Crippen LogP contribution in [0.25, 0.3) is 0 Å². The maximum Gasteiger partial charge on any atom is 0.101 e. The number of benzene rings is 2. The molecule has 2 aromatic carbocycles. The first-order valence-electron chi connectivity index (χ1n) is 6.25. The van der Waals surface area contributed by atoms with Crippen molar-refractivity contribution in [2.75, 3.05) is 5.32 Å². The number of nitriles is 1. The van der Waals surface area contributed by atoms with Crippen molar-refractivity contribution in [3.05, 3.63) is 64.7 Å². The van der Waals surface area contributed by atoms with Gasteiger partial charge in [0.25, 0.3) is 0 Å². The molecule has 96 valence electrons. The largest absolute Gasteiger partial charge is 0.378 e. The van der Waals surface area contributed by atoms with Crippen LogP contribution in [-0.2, 0) is 0 Å². The first kappa shape index (κ1) is 13.5. The first-order valence-corrected chi connectivity index (χ1v) is 6.63. The summed E-state index contributed by atoms with van der Waals surface area (Å²) in [7, 11) is 0. The molecule has 19 heavy (non-hydrogen) atoms. The lowest BCUT2D eigenvalue weighted by atomic mass is 10.0. The molecule has 2 nitrogen and oxygen atoms in total. The Labute approximate surface area is 118 Å². The fourth-order valence-corrected chi connectivity index (χ4v) is 2.23. The van der Waals surface area contributed by atoms with Gasteiger partial charge in [-0.3, -0.25) is 0 Å². The Morgan fingerprint density at radius 1 is 1.21 bits per heavy atom. The van der Waals surface area contributed by atoms with E-state index in [1.807, 2.05) is 24.3 Å². The molecular formula is C16H15ClN2. The number of nitrogens with zero attached hydrogens (tertiary/aromatic N) is 1. The highest BCUT2D eigenvalue weighted by Gasteiger charge is 2.09. The molecule has 1 atom stereocenters. The van der Waals surface area contributed by atoms with Crippen LogP contribution in [0.15, 0.2) is 48.5 Å². The van der Waals surface area contributed by atoms with Gasteiger partial charge in [0.05, 0.1) is 16.6 Å². The van der Waals surface area contributed by atoms with Gasteiger partial charge in [0.2, 0.25) is 0 Å². The molecule has 0 saturated carbocycles. The Balaban J connectivity index is 2.20. The molecule has 2 rings (SSSR count). The minimum Gasteiger partial charge on any atom is -0.378 e. The van der Waals surface area contributed by atoms with E-state index in [9.17, 15) is 0 Å². The van der Waals surface area contributed by atoms with Gasteiger partial charge in [-0.15, -0.1) is 0 Å². The van der Waals surface area contributed by atoms with Gasteiger partial charge in [0, 0.05) is 5.69 Å². The van der Waals surface area contributed by atoms with Crippen LogP contribution in [0.5, 0.6) is 0 Å². The SMILES string of the molecule is CCC(Nc1ccc(C#N)c(Cl)c1)c1ccccc1. The molecule has 0 aliphatic rings. The van der Waals surface area contributed by atoms with E-state index in [-0.39, 0.29) is 6.04 Å². The van der Waals surface area contributed by atoms with E-state index in [1.54, 1.807) is 12.1 Å². The van der Waals surface area contributed by atoms with Gasteiger partial charge < -0.3 is 5.32 Å². The third-order valence-corrected chi connectivity index (χ3v) is 3.35. The van der Waals surface area contributed by atoms with Crippen molar-refractivity contribution in [3.8, 4) is 6.07 Å². The zero-order chi connectivity index (χ0) is 13.7. The number of hydrogen-bond acceptors (Lipinski definition) is 2. The maximum absolute atomic E-state index is 8.86. The van der Waals surface area contributed by atoms with Crippen molar-refractivity contribution < 1.29 is 0 Å². The summed E-state index contributed by atoms with van der Waals surface area (Å²) in [4.78, 5) is 0. The molecule has 0 aliphatic heterocycles. The predicted molar refractivity (Wildman–Crippen MR) is 79.3 cm³/mol. The zero-order valence-electron chi connectivity index (χ0n) is 10.7. The van der Waals surface area contributed by atoms with Crippen LogP contribution in [0, 0.1) is 11.3 Å². The maximum atomic E-state index is 8.86. The Kier molecular flexibility index (Phi) is 4.43. The van der Waals surface area contributed by atoms with Crippen LogP contribution < -0.4 is 5.32 Å². The summed E-state index contributed by atoms with van der Waals surface area (Å²) >= 11 is 6.04. The lowest BCUT2D eigenvalue weighted by Crippen LogP contribution is -2.09. The molecular weight excluding hydrogens is 256 g/mol. The Morgan fingerprint density at radius 2 is 1.95 bits per heavy atom. The fourth-order valence-electron chi connectivity index (χ4n) is 2.00. The van der Waals surface area contributed by atoms with Gasteiger partial charge in [-0.2, -0.15) is 5.26 Å². The van der Waals surface area contributed by atoms with E-state index in [1.165, 1.54) is 5.56 Å². The Hall–Kier alpha value is -1.98. The van der Waals surface area contributed by atoms with Crippen molar-refractivity contribution in [2.45, 2.75) is 19.4 Å². The van der Waals surface area contributed by atoms with E-state index < -0.39 is 0 Å². The smallest absolute Gasteiger partial charge is 0.101 e. The highest BCUT2D eigenvalue weighted by Crippen LogP contribution is 2.25. The van der Waals surface area contributed by atoms with E-state index in [0.717, 1.165) is 12.1 Å². The third kappa shape index (κ3) is 3.27. The summed E-state index contributed by atoms with van der Waals surface area (Å²) in [6.07, 6.45) is 0.974. The van der Waals surface area contributed by atoms with Crippen LogP contribution in [0.3, 0.4) is 0 Å². The van der Waals surface area contributed by atoms with Crippen molar-refractivity contribution in [1.29, 1.82) is 5.26 Å². The van der Waals surface area contributed by atoms with Gasteiger partial charge in [0.15, 0.2) is 0 Å². The second kappa shape index (κ2) is 6.26. The molecule has 0 fully saturated rings. The number of halogens is 1. The van der Waals surface area contributed by atoms with Crippen molar-refractivity contribution in [2.24, 2.45) is 0 Å². The van der Waals surface area contributed by atoms with Gasteiger partial charge in [-0.25, -0.2) is 0 Å². The average molecular weight is 271 g/mol. The predicted octanol–water partition coefficient (Wildman–Crippen LogP) is 4.77. The quantitative estimate of drug-likeness (QED) is 0.868. The molecule has 0 bridgehead atoms. The second-order valence-corrected chi connectivity index (χ2v) is 4.73. The molecule has 0 aliphatic carbocycles. The lowest BCUT2D eigenvalue weighted by molar-refractivity contribution is 0.749. The zero-order valence-corrected chi connectivity index (χ0v) is 11.5. The minimum atomic E-state index is 0.241. The normalized spacial score (nSPS) is 11.6. The molecule has 1 N–H and O–H groups in total. The highest BCUT2D eigenvalue weighted by molar-refractivity contribution is 6.32. The summed E-state index contributed by atoms with van der Waals surface area (Å²) < 4.78 is 0. The third-order valence-electron chi connectivity index (χ3n) is 3.04. The number of hydrogen-bond donors (Lipinski definition) is 1. The number of nitrogens with one attached hydrogen (secondary N) is 1. The number of rotatable bonds is 4. The topological polar surface area (TPSA) is 35.8 Å². The van der Waals surface area contributed by atoms with Crippen LogP contribution in [0.1, 0.15) is 30.5 Å². The van der Waals surface area contributed by atoms with Crippen LogP contribution in [-0.4, -0.2) is 0 Å². The molecule has 2 aromatic rings. The van der Waals surface area contributed by atoms with Crippen molar-refractivity contribution >= 4 is 17.3 Å². The van der Waals surface area contributed by atoms with Gasteiger partial charge >= 0.3 is 0 Å². The molecule has 0 heterocycles. The second-order valence-electron chi connectivity index (χ2n) is 4.32. The van der Waals surface area contributed by atoms with Gasteiger partial charge in [-0.05, 0) is 30.2 Å². The summed E-state index contributed by atoms with van der Waals surface area (Å²) in [5, 5.41) is 12.8. The van der Waals surface area contributed by atoms with Crippen LogP contribution in [0.4, 0.5) is 5.69 Å². The molecule has 1 unspecified atom stereocenters. The fraction of sp³-hybridized carbons (Fsp3) is 0.188. The van der Waals surface area contributed by atoms with E-state index in [0.29, 0.717) is 10.6 Å². The Bertz CT molecular complexity index is 587. The van der Waals surface area contributed by atoms with Crippen LogP contribution >= 0.6 is 11.6 Å². The average Bonchev–Trinajstić information content (AvgIpc) is 2.46. The molecule has 0 aromatic heterocycles. The molecule has 0 saturated heterocycles. The Morgan fingerprint density at radius 3 is 2.53 bits per heavy atom. The van der Waals surface area contributed by atoms with Crippen molar-refractivity contribution in [3.63, 3.8) is 0 Å². The molecule has 0 amide bonds. The summed E-state index contributed by atoms with van der Waals surface area (Å²) in [5.74, 6) is 0. The molecule has 0 spiro atoms. The van der Waals surface area contributed by atoms with Crippen LogP contribution in [0.2, 0.25) is 5.02 Å². The van der Waals surface area contributed by atoms with Crippen molar-refractivity contribution in [1.82, 2.24) is 0 Å². The molecule has 0 radical (unpaired) electrons. The lowest BCUT2D eigenvalue weighted by Gasteiger charge is -2.19. The van der Waals surface area contributed by atoms with Gasteiger partial charge in [-0.1, -0.05) is 48.9 Å². The van der Waals surface area contributed by atoms with E-state index in [4.69, 9.17) is 16.9 Å². The standard InChI is InChI=1S/C16H15ClN2/c1-2-16(12-6-4-3-5-7-12)19-14-9-8-13(11-18)15(17)10-14/h3-10,16,19H,2H2,1H3. The minimum absolute atomic E-state index is 0.241. The number of anilines is 1. The monoisotopic (exact) mass is 270 g/mol. The van der Waals surface area contributed by atoms with Gasteiger partial charge in [0.1, 0.15) is 6.07 Å². The summed E-state index contributed by atoms with van der Waals surface area (Å²) in [6.45, 7) is 2.13. The highest BCUT2D eigenvalue weighted by atomic mass is 35.5. The molecule has 3 heteroatoms.